The van der Waals surface area contributed by atoms with E-state index in [1.807, 2.05) is 0 Å². The van der Waals surface area contributed by atoms with Gasteiger partial charge < -0.3 is 15.5 Å². The Morgan fingerprint density at radius 3 is 2.79 bits per heavy atom. The molecule has 2 heterocycles. The number of amides is 1. The smallest absolute Gasteiger partial charge is 0.250 e. The van der Waals surface area contributed by atoms with Crippen LogP contribution in [0, 0.1) is 23.1 Å². The van der Waals surface area contributed by atoms with Gasteiger partial charge in [-0.25, -0.2) is 14.4 Å². The molecular formula is C26H25ClFN5O. The first-order chi connectivity index (χ1) is 16.1. The molecule has 0 radical (unpaired) electrons. The molecule has 1 aliphatic heterocycles. The highest BCUT2D eigenvalue weighted by molar-refractivity contribution is 6.31. The Bertz CT molecular complexity index is 1360. The van der Waals surface area contributed by atoms with Crippen LogP contribution in [-0.4, -0.2) is 40.9 Å². The molecule has 0 bridgehead atoms. The topological polar surface area (TPSA) is 70.1 Å². The number of rotatable bonds is 4. The van der Waals surface area contributed by atoms with Crippen LogP contribution in [0.4, 0.5) is 21.6 Å². The number of aromatic nitrogens is 2. The number of hydrogen-bond acceptors (Lipinski definition) is 5. The fourth-order valence-electron chi connectivity index (χ4n) is 3.88. The molecule has 0 spiro atoms. The fourth-order valence-corrected chi connectivity index (χ4v) is 4.05. The predicted molar refractivity (Wildman–Crippen MR) is 135 cm³/mol. The molecule has 1 unspecified atom stereocenters. The summed E-state index contributed by atoms with van der Waals surface area (Å²) >= 11 is 5.92. The summed E-state index contributed by atoms with van der Waals surface area (Å²) in [6, 6.07) is 8.23. The molecule has 8 heteroatoms. The third-order valence-corrected chi connectivity index (χ3v) is 6.07. The molecule has 1 aliphatic rings. The molecule has 174 valence electrons. The van der Waals surface area contributed by atoms with Gasteiger partial charge in [-0.1, -0.05) is 36.1 Å². The highest BCUT2D eigenvalue weighted by atomic mass is 35.5. The SMILES string of the molecule is C=C(C)C(=O)Nc1cc2c(Nc3cccc(Cl)c3F)ncnc2cc1C#CC1(C)CCN(C)C1. The average Bonchev–Trinajstić information content (AvgIpc) is 3.14. The Hall–Kier alpha value is -3.47. The Morgan fingerprint density at radius 1 is 1.29 bits per heavy atom. The van der Waals surface area contributed by atoms with Gasteiger partial charge in [0.1, 0.15) is 12.1 Å². The highest BCUT2D eigenvalue weighted by Crippen LogP contribution is 2.32. The lowest BCUT2D eigenvalue weighted by molar-refractivity contribution is -0.112. The molecule has 2 aromatic carbocycles. The zero-order chi connectivity index (χ0) is 24.5. The Morgan fingerprint density at radius 2 is 2.09 bits per heavy atom. The minimum Gasteiger partial charge on any atom is -0.337 e. The van der Waals surface area contributed by atoms with E-state index in [1.54, 1.807) is 31.2 Å². The van der Waals surface area contributed by atoms with Crippen molar-refractivity contribution in [2.24, 2.45) is 5.41 Å². The fraction of sp³-hybridized carbons (Fsp3) is 0.269. The van der Waals surface area contributed by atoms with Crippen molar-refractivity contribution in [2.45, 2.75) is 20.3 Å². The van der Waals surface area contributed by atoms with E-state index in [0.717, 1.165) is 19.5 Å². The van der Waals surface area contributed by atoms with Gasteiger partial charge in [0, 0.05) is 22.9 Å². The lowest BCUT2D eigenvalue weighted by Crippen LogP contribution is -2.20. The van der Waals surface area contributed by atoms with Crippen molar-refractivity contribution in [3.63, 3.8) is 0 Å². The molecule has 1 saturated heterocycles. The van der Waals surface area contributed by atoms with Crippen molar-refractivity contribution >= 4 is 45.6 Å². The van der Waals surface area contributed by atoms with Crippen molar-refractivity contribution in [3.05, 3.63) is 65.2 Å². The maximum Gasteiger partial charge on any atom is 0.250 e. The number of nitrogens with zero attached hydrogens (tertiary/aromatic N) is 3. The monoisotopic (exact) mass is 477 g/mol. The maximum atomic E-state index is 14.5. The van der Waals surface area contributed by atoms with Crippen LogP contribution in [0.3, 0.4) is 0 Å². The summed E-state index contributed by atoms with van der Waals surface area (Å²) in [6.45, 7) is 9.36. The number of carbonyl (C=O) groups excluding carboxylic acids is 1. The quantitative estimate of drug-likeness (QED) is 0.390. The number of carbonyl (C=O) groups is 1. The lowest BCUT2D eigenvalue weighted by Gasteiger charge is -2.16. The molecule has 2 N–H and O–H groups in total. The van der Waals surface area contributed by atoms with Crippen molar-refractivity contribution in [1.29, 1.82) is 0 Å². The normalized spacial score (nSPS) is 17.8. The minimum absolute atomic E-state index is 0.00128. The molecule has 1 atom stereocenters. The van der Waals surface area contributed by atoms with E-state index in [0.29, 0.717) is 33.5 Å². The van der Waals surface area contributed by atoms with Crippen molar-refractivity contribution in [3.8, 4) is 11.8 Å². The average molecular weight is 478 g/mol. The molecule has 1 fully saturated rings. The third kappa shape index (κ3) is 5.04. The van der Waals surface area contributed by atoms with E-state index in [2.05, 4.69) is 57.9 Å². The zero-order valence-corrected chi connectivity index (χ0v) is 20.1. The first-order valence-electron chi connectivity index (χ1n) is 10.8. The van der Waals surface area contributed by atoms with Crippen LogP contribution < -0.4 is 10.6 Å². The summed E-state index contributed by atoms with van der Waals surface area (Å²) in [5.41, 5.74) is 2.16. The lowest BCUT2D eigenvalue weighted by atomic mass is 9.90. The molecular weight excluding hydrogens is 453 g/mol. The third-order valence-electron chi connectivity index (χ3n) is 5.78. The van der Waals surface area contributed by atoms with Crippen LogP contribution in [0.15, 0.2) is 48.8 Å². The largest absolute Gasteiger partial charge is 0.337 e. The number of anilines is 3. The molecule has 1 aromatic heterocycles. The minimum atomic E-state index is -0.580. The van der Waals surface area contributed by atoms with Gasteiger partial charge in [0.25, 0.3) is 5.91 Å². The molecule has 0 aliphatic carbocycles. The number of likely N-dealkylation sites (tertiary alicyclic amines) is 1. The number of halogens is 2. The molecule has 1 amide bonds. The first kappa shape index (κ1) is 23.7. The summed E-state index contributed by atoms with van der Waals surface area (Å²) in [5.74, 6) is 6.13. The number of nitrogens with one attached hydrogen (secondary N) is 2. The van der Waals surface area contributed by atoms with Gasteiger partial charge in [0.15, 0.2) is 5.82 Å². The van der Waals surface area contributed by atoms with Crippen LogP contribution in [0.5, 0.6) is 0 Å². The van der Waals surface area contributed by atoms with Gasteiger partial charge >= 0.3 is 0 Å². The van der Waals surface area contributed by atoms with Gasteiger partial charge in [0.2, 0.25) is 0 Å². The van der Waals surface area contributed by atoms with Crippen molar-refractivity contribution in [1.82, 2.24) is 14.9 Å². The second kappa shape index (κ2) is 9.41. The Kier molecular flexibility index (Phi) is 6.56. The first-order valence-corrected chi connectivity index (χ1v) is 11.2. The van der Waals surface area contributed by atoms with Crippen LogP contribution in [0.25, 0.3) is 10.9 Å². The summed E-state index contributed by atoms with van der Waals surface area (Å²) in [7, 11) is 2.08. The summed E-state index contributed by atoms with van der Waals surface area (Å²) in [5, 5.41) is 6.46. The van der Waals surface area contributed by atoms with Crippen LogP contribution in [-0.2, 0) is 4.79 Å². The second-order valence-electron chi connectivity index (χ2n) is 8.90. The molecule has 6 nitrogen and oxygen atoms in total. The van der Waals surface area contributed by atoms with E-state index in [4.69, 9.17) is 11.6 Å². The van der Waals surface area contributed by atoms with Gasteiger partial charge in [-0.3, -0.25) is 4.79 Å². The van der Waals surface area contributed by atoms with Crippen molar-refractivity contribution in [2.75, 3.05) is 30.8 Å². The molecule has 0 saturated carbocycles. The Labute approximate surface area is 203 Å². The van der Waals surface area contributed by atoms with Crippen LogP contribution in [0.1, 0.15) is 25.8 Å². The van der Waals surface area contributed by atoms with E-state index < -0.39 is 5.82 Å². The van der Waals surface area contributed by atoms with E-state index in [-0.39, 0.29) is 22.0 Å². The van der Waals surface area contributed by atoms with Crippen molar-refractivity contribution < 1.29 is 9.18 Å². The molecule has 34 heavy (non-hydrogen) atoms. The van der Waals surface area contributed by atoms with Gasteiger partial charge in [-0.05, 0) is 58.1 Å². The van der Waals surface area contributed by atoms with Gasteiger partial charge in [-0.15, -0.1) is 0 Å². The number of benzene rings is 2. The summed E-state index contributed by atoms with van der Waals surface area (Å²) in [4.78, 5) is 23.4. The van der Waals surface area contributed by atoms with Gasteiger partial charge in [0.05, 0.1) is 27.5 Å². The Balaban J connectivity index is 1.80. The van der Waals surface area contributed by atoms with E-state index >= 15 is 0 Å². The maximum absolute atomic E-state index is 14.5. The van der Waals surface area contributed by atoms with E-state index in [9.17, 15) is 9.18 Å². The molecule has 3 aromatic rings. The zero-order valence-electron chi connectivity index (χ0n) is 19.3. The predicted octanol–water partition coefficient (Wildman–Crippen LogP) is 5.37. The summed E-state index contributed by atoms with van der Waals surface area (Å²) in [6.07, 6.45) is 2.36. The van der Waals surface area contributed by atoms with E-state index in [1.165, 1.54) is 12.4 Å². The highest BCUT2D eigenvalue weighted by Gasteiger charge is 2.30. The standard InChI is InChI=1S/C26H25ClFN5O/c1-16(2)25(34)32-21-13-18-22(12-17(21)8-9-26(3)10-11-33(4)14-26)29-15-30-24(18)31-20-7-5-6-19(27)23(20)28/h5-7,12-13,15H,1,10-11,14H2,2-4H3,(H,32,34)(H,29,30,31). The van der Waals surface area contributed by atoms with Gasteiger partial charge in [-0.2, -0.15) is 0 Å². The number of hydrogen-bond donors (Lipinski definition) is 2. The van der Waals surface area contributed by atoms with Crippen LogP contribution >= 0.6 is 11.6 Å². The summed E-state index contributed by atoms with van der Waals surface area (Å²) < 4.78 is 14.5. The second-order valence-corrected chi connectivity index (χ2v) is 9.30. The van der Waals surface area contributed by atoms with Crippen LogP contribution in [0.2, 0.25) is 5.02 Å². The molecule has 4 rings (SSSR count). The number of fused-ring (bicyclic) bond motifs is 1.